The van der Waals surface area contributed by atoms with Crippen molar-refractivity contribution < 1.29 is 9.53 Å². The van der Waals surface area contributed by atoms with Gasteiger partial charge in [0, 0.05) is 34.9 Å². The average Bonchev–Trinajstić information content (AvgIpc) is 2.69. The highest BCUT2D eigenvalue weighted by Crippen LogP contribution is 2.30. The minimum Gasteiger partial charge on any atom is -0.475 e. The number of nitrogens with one attached hydrogen (secondary N) is 1. The molecule has 3 rings (SSSR count). The lowest BCUT2D eigenvalue weighted by Crippen LogP contribution is -2.33. The highest BCUT2D eigenvalue weighted by atomic mass is 35.5. The second-order valence-electron chi connectivity index (χ2n) is 8.27. The van der Waals surface area contributed by atoms with E-state index in [1.807, 2.05) is 26.0 Å². The number of hydrogen-bond donors (Lipinski definition) is 2. The molecular weight excluding hydrogens is 416 g/mol. The van der Waals surface area contributed by atoms with Gasteiger partial charge >= 0.3 is 0 Å². The Hall–Kier alpha value is -3.19. The number of halogens is 1. The van der Waals surface area contributed by atoms with Crippen molar-refractivity contribution in [3.05, 3.63) is 63.5 Å². The van der Waals surface area contributed by atoms with Crippen molar-refractivity contribution in [1.82, 2.24) is 15.0 Å². The summed E-state index contributed by atoms with van der Waals surface area (Å²) in [6, 6.07) is 10.3. The Morgan fingerprint density at radius 3 is 2.58 bits per heavy atom. The summed E-state index contributed by atoms with van der Waals surface area (Å²) in [6.07, 6.45) is 2.05. The van der Waals surface area contributed by atoms with Gasteiger partial charge in [0.05, 0.1) is 16.8 Å². The summed E-state index contributed by atoms with van der Waals surface area (Å²) in [5.74, 6) is 0.431. The predicted molar refractivity (Wildman–Crippen MR) is 121 cm³/mol. The van der Waals surface area contributed by atoms with Crippen LogP contribution >= 0.6 is 11.6 Å². The number of aromatic nitrogens is 3. The molecule has 3 aromatic rings. The number of carbonyl (C=O) groups is 1. The third-order valence-corrected chi connectivity index (χ3v) is 5.06. The summed E-state index contributed by atoms with van der Waals surface area (Å²) in [5, 5.41) is 0.430. The number of rotatable bonds is 7. The first kappa shape index (κ1) is 22.5. The molecule has 0 saturated heterocycles. The van der Waals surface area contributed by atoms with Crippen LogP contribution in [0, 0.1) is 5.41 Å². The number of ether oxygens (including phenoxy) is 1. The van der Waals surface area contributed by atoms with Crippen molar-refractivity contribution in [2.75, 3.05) is 0 Å². The molecule has 0 atom stereocenters. The molecule has 0 unspecified atom stereocenters. The summed E-state index contributed by atoms with van der Waals surface area (Å²) in [5.41, 5.74) is 7.00. The van der Waals surface area contributed by atoms with E-state index < -0.39 is 11.3 Å². The quantitative estimate of drug-likeness (QED) is 0.577. The van der Waals surface area contributed by atoms with Crippen molar-refractivity contribution in [1.29, 1.82) is 0 Å². The van der Waals surface area contributed by atoms with Crippen LogP contribution in [0.4, 0.5) is 0 Å². The molecular formula is C23H25ClN4O3. The molecule has 0 aliphatic carbocycles. The first-order valence-electron chi connectivity index (χ1n) is 9.88. The van der Waals surface area contributed by atoms with Gasteiger partial charge in [0.15, 0.2) is 0 Å². The zero-order valence-corrected chi connectivity index (χ0v) is 18.7. The summed E-state index contributed by atoms with van der Waals surface area (Å²) in [6.45, 7) is 7.40. The molecule has 2 aromatic heterocycles. The van der Waals surface area contributed by atoms with Crippen LogP contribution in [-0.4, -0.2) is 27.0 Å². The molecule has 0 bridgehead atoms. The van der Waals surface area contributed by atoms with Gasteiger partial charge in [0.2, 0.25) is 11.8 Å². The Bertz CT molecular complexity index is 1150. The smallest absolute Gasteiger partial charge is 0.251 e. The number of hydrogen-bond acceptors (Lipinski definition) is 5. The number of nitrogens with two attached hydrogens (primary N) is 1. The van der Waals surface area contributed by atoms with E-state index in [4.69, 9.17) is 22.1 Å². The summed E-state index contributed by atoms with van der Waals surface area (Å²) >= 11 is 6.40. The van der Waals surface area contributed by atoms with Gasteiger partial charge in [-0.25, -0.2) is 9.97 Å². The fourth-order valence-corrected chi connectivity index (χ4v) is 3.24. The van der Waals surface area contributed by atoms with Gasteiger partial charge < -0.3 is 15.5 Å². The normalized spacial score (nSPS) is 11.5. The minimum atomic E-state index is -0.723. The molecule has 2 heterocycles. The van der Waals surface area contributed by atoms with Gasteiger partial charge in [0.25, 0.3) is 5.56 Å². The van der Waals surface area contributed by atoms with Crippen LogP contribution < -0.4 is 16.0 Å². The van der Waals surface area contributed by atoms with Gasteiger partial charge in [-0.2, -0.15) is 0 Å². The van der Waals surface area contributed by atoms with E-state index in [2.05, 4.69) is 15.0 Å². The lowest BCUT2D eigenvalue weighted by molar-refractivity contribution is -0.125. The maximum atomic E-state index is 12.3. The van der Waals surface area contributed by atoms with E-state index in [1.165, 1.54) is 6.07 Å². The summed E-state index contributed by atoms with van der Waals surface area (Å²) in [4.78, 5) is 35.6. The highest BCUT2D eigenvalue weighted by Gasteiger charge is 2.25. The first-order valence-corrected chi connectivity index (χ1v) is 10.3. The number of amides is 1. The maximum Gasteiger partial charge on any atom is 0.251 e. The van der Waals surface area contributed by atoms with Gasteiger partial charge in [-0.05, 0) is 44.0 Å². The van der Waals surface area contributed by atoms with Crippen LogP contribution in [-0.2, 0) is 11.2 Å². The Labute approximate surface area is 185 Å². The van der Waals surface area contributed by atoms with Gasteiger partial charge in [-0.3, -0.25) is 9.59 Å². The Kier molecular flexibility index (Phi) is 6.45. The van der Waals surface area contributed by atoms with E-state index in [0.717, 1.165) is 5.56 Å². The van der Waals surface area contributed by atoms with Crippen LogP contribution in [0.3, 0.4) is 0 Å². The number of primary amides is 1. The van der Waals surface area contributed by atoms with Crippen LogP contribution in [0.5, 0.6) is 5.88 Å². The molecule has 0 spiro atoms. The summed E-state index contributed by atoms with van der Waals surface area (Å²) in [7, 11) is 0. The zero-order chi connectivity index (χ0) is 22.8. The largest absolute Gasteiger partial charge is 0.475 e. The second kappa shape index (κ2) is 8.89. The molecule has 0 saturated carbocycles. The number of benzene rings is 1. The Morgan fingerprint density at radius 2 is 1.97 bits per heavy atom. The Morgan fingerprint density at radius 1 is 1.23 bits per heavy atom. The number of pyridine rings is 1. The third-order valence-electron chi connectivity index (χ3n) is 4.73. The topological polar surface area (TPSA) is 111 Å². The molecule has 1 amide bonds. The molecule has 0 aliphatic rings. The molecule has 8 heteroatoms. The van der Waals surface area contributed by atoms with Crippen LogP contribution in [0.15, 0.2) is 47.4 Å². The van der Waals surface area contributed by atoms with E-state index in [-0.39, 0.29) is 11.7 Å². The standard InChI is InChI=1S/C23H25ClN4O3/c1-13(2)31-20-8-6-15(12-26-20)18-10-19(29)28-21(27-18)16-9-14(5-7-17(16)24)11-23(3,4)22(25)30/h5-10,12-13H,11H2,1-4H3,(H2,25,30)(H,27,28,29). The highest BCUT2D eigenvalue weighted by molar-refractivity contribution is 6.33. The van der Waals surface area contributed by atoms with E-state index in [1.54, 1.807) is 38.2 Å². The lowest BCUT2D eigenvalue weighted by Gasteiger charge is -2.20. The second-order valence-corrected chi connectivity index (χ2v) is 8.68. The molecule has 0 aliphatic heterocycles. The van der Waals surface area contributed by atoms with Gasteiger partial charge in [-0.1, -0.05) is 31.5 Å². The third kappa shape index (κ3) is 5.49. The first-order chi connectivity index (χ1) is 14.5. The average molecular weight is 441 g/mol. The molecule has 7 nitrogen and oxygen atoms in total. The molecule has 0 radical (unpaired) electrons. The lowest BCUT2D eigenvalue weighted by atomic mass is 9.85. The molecule has 162 valence electrons. The van der Waals surface area contributed by atoms with Gasteiger partial charge in [0.1, 0.15) is 5.82 Å². The number of carbonyl (C=O) groups excluding carboxylic acids is 1. The van der Waals surface area contributed by atoms with Crippen molar-refractivity contribution in [2.24, 2.45) is 11.1 Å². The number of H-pyrrole nitrogens is 1. The fourth-order valence-electron chi connectivity index (χ4n) is 3.04. The Balaban J connectivity index is 1.99. The van der Waals surface area contributed by atoms with E-state index in [0.29, 0.717) is 40.0 Å². The van der Waals surface area contributed by atoms with Gasteiger partial charge in [-0.15, -0.1) is 0 Å². The monoisotopic (exact) mass is 440 g/mol. The van der Waals surface area contributed by atoms with Crippen molar-refractivity contribution >= 4 is 17.5 Å². The molecule has 1 aromatic carbocycles. The number of nitrogens with zero attached hydrogens (tertiary/aromatic N) is 2. The zero-order valence-electron chi connectivity index (χ0n) is 17.9. The van der Waals surface area contributed by atoms with Crippen molar-refractivity contribution in [2.45, 2.75) is 40.2 Å². The van der Waals surface area contributed by atoms with Crippen LogP contribution in [0.25, 0.3) is 22.6 Å². The van der Waals surface area contributed by atoms with Crippen molar-refractivity contribution in [3.8, 4) is 28.5 Å². The van der Waals surface area contributed by atoms with E-state index in [9.17, 15) is 9.59 Å². The predicted octanol–water partition coefficient (Wildman–Crippen LogP) is 3.99. The molecule has 3 N–H and O–H groups in total. The summed E-state index contributed by atoms with van der Waals surface area (Å²) < 4.78 is 5.56. The fraction of sp³-hybridized carbons (Fsp3) is 0.304. The molecule has 31 heavy (non-hydrogen) atoms. The van der Waals surface area contributed by atoms with Crippen molar-refractivity contribution in [3.63, 3.8) is 0 Å². The minimum absolute atomic E-state index is 0.0107. The SMILES string of the molecule is CC(C)Oc1ccc(-c2cc(=O)[nH]c(-c3cc(CC(C)(C)C(N)=O)ccc3Cl)n2)cn1. The van der Waals surface area contributed by atoms with E-state index >= 15 is 0 Å². The molecule has 0 fully saturated rings. The maximum absolute atomic E-state index is 12.3. The van der Waals surface area contributed by atoms with Crippen LogP contribution in [0.2, 0.25) is 5.02 Å². The van der Waals surface area contributed by atoms with Crippen LogP contribution in [0.1, 0.15) is 33.3 Å². The number of aromatic amines is 1.